The summed E-state index contributed by atoms with van der Waals surface area (Å²) in [6, 6.07) is 0.690. The van der Waals surface area contributed by atoms with Crippen molar-refractivity contribution >= 4 is 0 Å². The van der Waals surface area contributed by atoms with Crippen molar-refractivity contribution < 1.29 is 5.11 Å². The Morgan fingerprint density at radius 1 is 1.50 bits per heavy atom. The van der Waals surface area contributed by atoms with Gasteiger partial charge in [-0.1, -0.05) is 19.9 Å². The van der Waals surface area contributed by atoms with Crippen molar-refractivity contribution in [3.05, 3.63) is 12.2 Å². The molecule has 0 saturated heterocycles. The molecule has 1 rings (SSSR count). The summed E-state index contributed by atoms with van der Waals surface area (Å²) in [6.07, 6.45) is 5.08. The van der Waals surface area contributed by atoms with Gasteiger partial charge < -0.3 is 10.4 Å². The Labute approximate surface area is 99.5 Å². The molecule has 0 atom stereocenters. The number of aliphatic hydroxyl groups excluding tert-OH is 1. The highest BCUT2D eigenvalue weighted by atomic mass is 16.3. The predicted molar refractivity (Wildman–Crippen MR) is 68.6 cm³/mol. The summed E-state index contributed by atoms with van der Waals surface area (Å²) >= 11 is 0. The van der Waals surface area contributed by atoms with Gasteiger partial charge in [0.25, 0.3) is 0 Å². The molecule has 0 aromatic heterocycles. The standard InChI is InChI=1S/C13H26N2O/c1-3-7-14-10-12(2)11-15(8-9-16)13-5-4-6-13/h13-14,16H,2-11H2,1H3. The van der Waals surface area contributed by atoms with Crippen molar-refractivity contribution in [1.29, 1.82) is 0 Å². The van der Waals surface area contributed by atoms with Crippen LogP contribution in [0.1, 0.15) is 32.6 Å². The van der Waals surface area contributed by atoms with Crippen molar-refractivity contribution in [3.8, 4) is 0 Å². The van der Waals surface area contributed by atoms with Crippen LogP contribution in [0.25, 0.3) is 0 Å². The van der Waals surface area contributed by atoms with Gasteiger partial charge in [-0.15, -0.1) is 0 Å². The number of rotatable bonds is 9. The van der Waals surface area contributed by atoms with Gasteiger partial charge in [0.2, 0.25) is 0 Å². The molecule has 0 amide bonds. The van der Waals surface area contributed by atoms with Crippen LogP contribution in [-0.4, -0.2) is 48.8 Å². The van der Waals surface area contributed by atoms with Crippen LogP contribution >= 0.6 is 0 Å². The smallest absolute Gasteiger partial charge is 0.0558 e. The molecule has 1 saturated carbocycles. The lowest BCUT2D eigenvalue weighted by Crippen LogP contribution is -2.43. The second-order valence-electron chi connectivity index (χ2n) is 4.71. The molecule has 0 aromatic rings. The monoisotopic (exact) mass is 226 g/mol. The van der Waals surface area contributed by atoms with Crippen molar-refractivity contribution in [2.24, 2.45) is 0 Å². The maximum atomic E-state index is 9.05. The van der Waals surface area contributed by atoms with Gasteiger partial charge in [0.15, 0.2) is 0 Å². The molecular formula is C13H26N2O. The van der Waals surface area contributed by atoms with Gasteiger partial charge >= 0.3 is 0 Å². The van der Waals surface area contributed by atoms with Crippen LogP contribution in [0.5, 0.6) is 0 Å². The van der Waals surface area contributed by atoms with Gasteiger partial charge in [-0.2, -0.15) is 0 Å². The third-order valence-electron chi connectivity index (χ3n) is 3.21. The normalized spacial score (nSPS) is 16.4. The van der Waals surface area contributed by atoms with Gasteiger partial charge in [-0.3, -0.25) is 4.90 Å². The van der Waals surface area contributed by atoms with Gasteiger partial charge in [0, 0.05) is 25.7 Å². The number of aliphatic hydroxyl groups is 1. The molecule has 1 aliphatic rings. The van der Waals surface area contributed by atoms with Crippen molar-refractivity contribution in [2.75, 3.05) is 32.8 Å². The van der Waals surface area contributed by atoms with Gasteiger partial charge in [-0.05, 0) is 31.4 Å². The molecule has 94 valence electrons. The summed E-state index contributed by atoms with van der Waals surface area (Å²) in [5.74, 6) is 0. The first kappa shape index (κ1) is 13.7. The highest BCUT2D eigenvalue weighted by Crippen LogP contribution is 2.24. The SMILES string of the molecule is C=C(CNCCC)CN(CCO)C1CCC1. The Morgan fingerprint density at radius 2 is 2.25 bits per heavy atom. The first-order valence-electron chi connectivity index (χ1n) is 6.50. The van der Waals surface area contributed by atoms with Crippen LogP contribution in [0, 0.1) is 0 Å². The zero-order valence-corrected chi connectivity index (χ0v) is 10.5. The van der Waals surface area contributed by atoms with Gasteiger partial charge in [0.05, 0.1) is 6.61 Å². The average Bonchev–Trinajstić information content (AvgIpc) is 2.15. The van der Waals surface area contributed by atoms with E-state index in [0.29, 0.717) is 6.04 Å². The molecular weight excluding hydrogens is 200 g/mol. The molecule has 0 bridgehead atoms. The van der Waals surface area contributed by atoms with Crippen LogP contribution < -0.4 is 5.32 Å². The third-order valence-corrected chi connectivity index (χ3v) is 3.21. The third kappa shape index (κ3) is 4.64. The molecule has 0 spiro atoms. The van der Waals surface area contributed by atoms with E-state index in [4.69, 9.17) is 5.11 Å². The molecule has 0 radical (unpaired) electrons. The number of hydrogen-bond acceptors (Lipinski definition) is 3. The summed E-state index contributed by atoms with van der Waals surface area (Å²) in [4.78, 5) is 2.37. The number of hydrogen-bond donors (Lipinski definition) is 2. The Kier molecular flexibility index (Phi) is 6.69. The number of nitrogens with zero attached hydrogens (tertiary/aromatic N) is 1. The van der Waals surface area contributed by atoms with Crippen molar-refractivity contribution in [1.82, 2.24) is 10.2 Å². The Hall–Kier alpha value is -0.380. The first-order chi connectivity index (χ1) is 7.77. The second kappa shape index (κ2) is 7.82. The molecule has 0 aromatic carbocycles. The fourth-order valence-corrected chi connectivity index (χ4v) is 2.06. The minimum atomic E-state index is 0.256. The molecule has 16 heavy (non-hydrogen) atoms. The molecule has 0 heterocycles. The topological polar surface area (TPSA) is 35.5 Å². The summed E-state index contributed by atoms with van der Waals surface area (Å²) in [7, 11) is 0. The maximum Gasteiger partial charge on any atom is 0.0558 e. The molecule has 1 fully saturated rings. The molecule has 1 aliphatic carbocycles. The maximum absolute atomic E-state index is 9.05. The lowest BCUT2D eigenvalue weighted by molar-refractivity contribution is 0.111. The van der Waals surface area contributed by atoms with E-state index in [9.17, 15) is 0 Å². The Balaban J connectivity index is 2.21. The number of nitrogens with one attached hydrogen (secondary N) is 1. The van der Waals surface area contributed by atoms with Gasteiger partial charge in [0.1, 0.15) is 0 Å². The van der Waals surface area contributed by atoms with E-state index in [0.717, 1.165) is 32.6 Å². The zero-order valence-electron chi connectivity index (χ0n) is 10.5. The largest absolute Gasteiger partial charge is 0.395 e. The average molecular weight is 226 g/mol. The summed E-state index contributed by atoms with van der Waals surface area (Å²) in [6.45, 7) is 10.2. The highest BCUT2D eigenvalue weighted by Gasteiger charge is 2.24. The van der Waals surface area contributed by atoms with E-state index in [1.807, 2.05) is 0 Å². The molecule has 2 N–H and O–H groups in total. The summed E-state index contributed by atoms with van der Waals surface area (Å²) in [5, 5.41) is 12.4. The van der Waals surface area contributed by atoms with E-state index in [1.54, 1.807) is 0 Å². The van der Waals surface area contributed by atoms with Crippen LogP contribution in [0.4, 0.5) is 0 Å². The lowest BCUT2D eigenvalue weighted by atomic mass is 9.91. The van der Waals surface area contributed by atoms with Gasteiger partial charge in [-0.25, -0.2) is 0 Å². The first-order valence-corrected chi connectivity index (χ1v) is 6.50. The van der Waals surface area contributed by atoms with Crippen LogP contribution in [0.15, 0.2) is 12.2 Å². The molecule has 0 unspecified atom stereocenters. The summed E-state index contributed by atoms with van der Waals surface area (Å²) < 4.78 is 0. The van der Waals surface area contributed by atoms with E-state index >= 15 is 0 Å². The Bertz CT molecular complexity index is 202. The van der Waals surface area contributed by atoms with Crippen molar-refractivity contribution in [2.45, 2.75) is 38.6 Å². The Morgan fingerprint density at radius 3 is 2.75 bits per heavy atom. The van der Waals surface area contributed by atoms with Crippen LogP contribution in [-0.2, 0) is 0 Å². The fraction of sp³-hybridized carbons (Fsp3) is 0.846. The van der Waals surface area contributed by atoms with E-state index < -0.39 is 0 Å². The minimum absolute atomic E-state index is 0.256. The fourth-order valence-electron chi connectivity index (χ4n) is 2.06. The second-order valence-corrected chi connectivity index (χ2v) is 4.71. The minimum Gasteiger partial charge on any atom is -0.395 e. The molecule has 3 heteroatoms. The van der Waals surface area contributed by atoms with E-state index in [2.05, 4.69) is 23.7 Å². The molecule has 0 aliphatic heterocycles. The highest BCUT2D eigenvalue weighted by molar-refractivity contribution is 5.01. The lowest BCUT2D eigenvalue weighted by Gasteiger charge is -2.37. The zero-order chi connectivity index (χ0) is 11.8. The van der Waals surface area contributed by atoms with Crippen LogP contribution in [0.3, 0.4) is 0 Å². The van der Waals surface area contributed by atoms with Crippen molar-refractivity contribution in [3.63, 3.8) is 0 Å². The predicted octanol–water partition coefficient (Wildman–Crippen LogP) is 1.39. The molecule has 3 nitrogen and oxygen atoms in total. The summed E-state index contributed by atoms with van der Waals surface area (Å²) in [5.41, 5.74) is 1.23. The van der Waals surface area contributed by atoms with Crippen LogP contribution in [0.2, 0.25) is 0 Å². The quantitative estimate of drug-likeness (QED) is 0.461. The van der Waals surface area contributed by atoms with E-state index in [-0.39, 0.29) is 6.61 Å². The van der Waals surface area contributed by atoms with E-state index in [1.165, 1.54) is 24.8 Å².